The van der Waals surface area contributed by atoms with Gasteiger partial charge in [-0.15, -0.1) is 0 Å². The SMILES string of the molecule is NCC(N)O.O=C(O)CCC(=O)O.O=C(O)CCC(=O)O. The van der Waals surface area contributed by atoms with Crippen molar-refractivity contribution in [2.45, 2.75) is 31.9 Å². The van der Waals surface area contributed by atoms with Crippen molar-refractivity contribution in [1.82, 2.24) is 0 Å². The zero-order chi connectivity index (χ0) is 17.4. The van der Waals surface area contributed by atoms with Crippen molar-refractivity contribution in [2.75, 3.05) is 6.54 Å². The van der Waals surface area contributed by atoms with Gasteiger partial charge in [0.05, 0.1) is 25.7 Å². The molecule has 21 heavy (non-hydrogen) atoms. The third-order valence-corrected chi connectivity index (χ3v) is 1.35. The van der Waals surface area contributed by atoms with Crippen molar-refractivity contribution in [3.05, 3.63) is 0 Å². The number of hydrogen-bond donors (Lipinski definition) is 7. The first-order valence-corrected chi connectivity index (χ1v) is 5.53. The topological polar surface area (TPSA) is 221 Å². The summed E-state index contributed by atoms with van der Waals surface area (Å²) >= 11 is 0. The third kappa shape index (κ3) is 46.3. The molecule has 0 amide bonds. The molecule has 11 nitrogen and oxygen atoms in total. The van der Waals surface area contributed by atoms with E-state index in [4.69, 9.17) is 37.0 Å². The van der Waals surface area contributed by atoms with Crippen LogP contribution in [0.5, 0.6) is 0 Å². The summed E-state index contributed by atoms with van der Waals surface area (Å²) in [5.74, 6) is -4.31. The molecule has 0 aliphatic rings. The maximum Gasteiger partial charge on any atom is 0.303 e. The lowest BCUT2D eigenvalue weighted by molar-refractivity contribution is -0.143. The fraction of sp³-hybridized carbons (Fsp3) is 0.600. The molecule has 0 aromatic carbocycles. The molecular weight excluding hydrogens is 292 g/mol. The molecule has 0 heterocycles. The summed E-state index contributed by atoms with van der Waals surface area (Å²) in [6.45, 7) is 0.139. The molecule has 0 rings (SSSR count). The Balaban J connectivity index is -0.000000239. The Morgan fingerprint density at radius 2 is 0.857 bits per heavy atom. The first kappa shape index (κ1) is 23.8. The summed E-state index contributed by atoms with van der Waals surface area (Å²) in [6, 6.07) is 0. The van der Waals surface area contributed by atoms with E-state index in [0.717, 1.165) is 0 Å². The minimum absolute atomic E-state index is 0.139. The second-order valence-electron chi connectivity index (χ2n) is 3.38. The molecule has 0 aromatic heterocycles. The van der Waals surface area contributed by atoms with Gasteiger partial charge < -0.3 is 37.0 Å². The van der Waals surface area contributed by atoms with Gasteiger partial charge in [-0.05, 0) is 0 Å². The molecule has 0 aliphatic carbocycles. The van der Waals surface area contributed by atoms with Crippen LogP contribution >= 0.6 is 0 Å². The quantitative estimate of drug-likeness (QED) is 0.257. The van der Waals surface area contributed by atoms with Gasteiger partial charge in [-0.3, -0.25) is 19.2 Å². The van der Waals surface area contributed by atoms with Crippen LogP contribution in [-0.2, 0) is 19.2 Å². The van der Waals surface area contributed by atoms with Crippen LogP contribution in [0.2, 0.25) is 0 Å². The fourth-order valence-electron chi connectivity index (χ4n) is 0.428. The van der Waals surface area contributed by atoms with Crippen molar-refractivity contribution < 1.29 is 44.7 Å². The van der Waals surface area contributed by atoms with Crippen molar-refractivity contribution >= 4 is 23.9 Å². The van der Waals surface area contributed by atoms with Gasteiger partial charge in [-0.1, -0.05) is 0 Å². The molecule has 1 atom stereocenters. The summed E-state index contributed by atoms with van der Waals surface area (Å²) in [5.41, 5.74) is 9.52. The van der Waals surface area contributed by atoms with Crippen LogP contribution in [-0.4, -0.2) is 62.2 Å². The van der Waals surface area contributed by atoms with E-state index in [0.29, 0.717) is 0 Å². The maximum absolute atomic E-state index is 9.64. The van der Waals surface area contributed by atoms with Crippen molar-refractivity contribution in [3.63, 3.8) is 0 Å². The van der Waals surface area contributed by atoms with Gasteiger partial charge in [-0.2, -0.15) is 0 Å². The van der Waals surface area contributed by atoms with Crippen LogP contribution in [0.15, 0.2) is 0 Å². The summed E-state index contributed by atoms with van der Waals surface area (Å²) < 4.78 is 0. The predicted octanol–water partition coefficient (Wildman–Crippen LogP) is -1.91. The minimum atomic E-state index is -1.08. The van der Waals surface area contributed by atoms with E-state index in [-0.39, 0.29) is 32.2 Å². The number of rotatable bonds is 7. The lowest BCUT2D eigenvalue weighted by Gasteiger charge is -1.91. The zero-order valence-electron chi connectivity index (χ0n) is 11.1. The number of aliphatic hydroxyl groups is 1. The van der Waals surface area contributed by atoms with Crippen LogP contribution in [0, 0.1) is 0 Å². The Morgan fingerprint density at radius 1 is 0.714 bits per heavy atom. The highest BCUT2D eigenvalue weighted by Crippen LogP contribution is 1.86. The van der Waals surface area contributed by atoms with E-state index in [1.807, 2.05) is 0 Å². The standard InChI is InChI=1S/2C4H6O4.C2H8N2O/c2*5-3(6)1-2-4(7)8;3-1-2(4)5/h2*1-2H2,(H,5,6)(H,7,8);2,5H,1,3-4H2. The number of carboxylic acids is 4. The van der Waals surface area contributed by atoms with Crippen LogP contribution in [0.3, 0.4) is 0 Å². The Morgan fingerprint density at radius 3 is 0.905 bits per heavy atom. The second kappa shape index (κ2) is 15.8. The van der Waals surface area contributed by atoms with Gasteiger partial charge in [-0.25, -0.2) is 0 Å². The Labute approximate surface area is 119 Å². The fourth-order valence-corrected chi connectivity index (χ4v) is 0.428. The monoisotopic (exact) mass is 312 g/mol. The molecule has 1 unspecified atom stereocenters. The Bertz CT molecular complexity index is 274. The highest BCUT2D eigenvalue weighted by atomic mass is 16.4. The maximum atomic E-state index is 9.64. The number of hydrogen-bond acceptors (Lipinski definition) is 7. The molecule has 0 radical (unpaired) electrons. The molecule has 0 saturated heterocycles. The smallest absolute Gasteiger partial charge is 0.303 e. The summed E-state index contributed by atoms with van der Waals surface area (Å²) in [6.07, 6.45) is -2.02. The number of aliphatic hydroxyl groups excluding tert-OH is 1. The molecule has 0 aliphatic heterocycles. The van der Waals surface area contributed by atoms with Crippen molar-refractivity contribution in [1.29, 1.82) is 0 Å². The number of carbonyl (C=O) groups is 4. The van der Waals surface area contributed by atoms with E-state index >= 15 is 0 Å². The first-order valence-electron chi connectivity index (χ1n) is 5.53. The van der Waals surface area contributed by atoms with Crippen LogP contribution in [0.1, 0.15) is 25.7 Å². The van der Waals surface area contributed by atoms with Gasteiger partial charge in [0.25, 0.3) is 0 Å². The van der Waals surface area contributed by atoms with Gasteiger partial charge in [0.1, 0.15) is 6.23 Å². The summed E-state index contributed by atoms with van der Waals surface area (Å²) in [7, 11) is 0. The van der Waals surface area contributed by atoms with E-state index in [2.05, 4.69) is 0 Å². The van der Waals surface area contributed by atoms with Crippen LogP contribution < -0.4 is 11.5 Å². The number of aliphatic carboxylic acids is 4. The van der Waals surface area contributed by atoms with E-state index in [1.54, 1.807) is 0 Å². The predicted molar refractivity (Wildman–Crippen MR) is 68.3 cm³/mol. The molecule has 9 N–H and O–H groups in total. The molecule has 124 valence electrons. The molecule has 0 aromatic rings. The lowest BCUT2D eigenvalue weighted by Crippen LogP contribution is -2.28. The summed E-state index contributed by atoms with van der Waals surface area (Å²) in [4.78, 5) is 38.6. The molecule has 11 heteroatoms. The zero-order valence-corrected chi connectivity index (χ0v) is 11.1. The molecule has 0 bridgehead atoms. The number of nitrogens with two attached hydrogens (primary N) is 2. The Hall–Kier alpha value is -2.24. The molecule has 0 fully saturated rings. The molecule has 0 saturated carbocycles. The normalized spacial score (nSPS) is 10.0. The third-order valence-electron chi connectivity index (χ3n) is 1.35. The lowest BCUT2D eigenvalue weighted by atomic mass is 10.3. The average molecular weight is 312 g/mol. The molecular formula is C10H20N2O9. The second-order valence-corrected chi connectivity index (χ2v) is 3.38. The largest absolute Gasteiger partial charge is 0.481 e. The van der Waals surface area contributed by atoms with Crippen molar-refractivity contribution in [2.24, 2.45) is 11.5 Å². The van der Waals surface area contributed by atoms with Gasteiger partial charge in [0.15, 0.2) is 0 Å². The van der Waals surface area contributed by atoms with Crippen molar-refractivity contribution in [3.8, 4) is 0 Å². The van der Waals surface area contributed by atoms with Crippen LogP contribution in [0.25, 0.3) is 0 Å². The first-order chi connectivity index (χ1) is 9.52. The van der Waals surface area contributed by atoms with Gasteiger partial charge in [0, 0.05) is 6.54 Å². The van der Waals surface area contributed by atoms with Crippen LogP contribution in [0.4, 0.5) is 0 Å². The average Bonchev–Trinajstić information content (AvgIpc) is 2.35. The van der Waals surface area contributed by atoms with E-state index in [1.165, 1.54) is 0 Å². The van der Waals surface area contributed by atoms with Gasteiger partial charge in [0.2, 0.25) is 0 Å². The van der Waals surface area contributed by atoms with E-state index < -0.39 is 30.1 Å². The van der Waals surface area contributed by atoms with E-state index in [9.17, 15) is 19.2 Å². The van der Waals surface area contributed by atoms with Gasteiger partial charge >= 0.3 is 23.9 Å². The highest BCUT2D eigenvalue weighted by molar-refractivity contribution is 5.75. The highest BCUT2D eigenvalue weighted by Gasteiger charge is 2.01. The number of carboxylic acid groups (broad SMARTS) is 4. The molecule has 0 spiro atoms. The summed E-state index contributed by atoms with van der Waals surface area (Å²) in [5, 5.41) is 39.6. The minimum Gasteiger partial charge on any atom is -0.481 e. The Kier molecular flexibility index (Phi) is 17.9.